The molecule has 1 saturated heterocycles. The molecule has 0 aromatic heterocycles. The first-order chi connectivity index (χ1) is 7.49. The van der Waals surface area contributed by atoms with Gasteiger partial charge in [-0.1, -0.05) is 11.6 Å². The van der Waals surface area contributed by atoms with Crippen molar-refractivity contribution in [2.45, 2.75) is 31.9 Å². The zero-order valence-corrected chi connectivity index (χ0v) is 11.8. The van der Waals surface area contributed by atoms with E-state index < -0.39 is 0 Å². The Labute approximate surface area is 107 Å². The van der Waals surface area contributed by atoms with Gasteiger partial charge in [0.15, 0.2) is 0 Å². The summed E-state index contributed by atoms with van der Waals surface area (Å²) < 4.78 is 5.70. The molecule has 1 aromatic rings. The van der Waals surface area contributed by atoms with Gasteiger partial charge in [-0.3, -0.25) is 0 Å². The van der Waals surface area contributed by atoms with E-state index >= 15 is 0 Å². The summed E-state index contributed by atoms with van der Waals surface area (Å²) in [5.74, 6) is 2.21. The molecule has 1 atom stereocenters. The van der Waals surface area contributed by atoms with Crippen LogP contribution in [0.1, 0.15) is 30.0 Å². The predicted molar refractivity (Wildman–Crippen MR) is 71.9 cm³/mol. The van der Waals surface area contributed by atoms with Crippen LogP contribution in [-0.2, 0) is 4.75 Å². The average molecular weight is 257 g/mol. The Morgan fingerprint density at radius 1 is 1.44 bits per heavy atom. The second kappa shape index (κ2) is 4.15. The molecular weight excluding hydrogens is 240 g/mol. The van der Waals surface area contributed by atoms with Gasteiger partial charge < -0.3 is 4.74 Å². The molecule has 1 aliphatic heterocycles. The zero-order valence-electron chi connectivity index (χ0n) is 10.2. The number of thioether (sulfide) groups is 1. The van der Waals surface area contributed by atoms with Crippen LogP contribution in [0, 0.1) is 13.8 Å². The minimum absolute atomic E-state index is 0.187. The van der Waals surface area contributed by atoms with Crippen LogP contribution >= 0.6 is 23.4 Å². The van der Waals surface area contributed by atoms with E-state index in [4.69, 9.17) is 16.3 Å². The third-order valence-electron chi connectivity index (χ3n) is 3.39. The normalized spacial score (nSPS) is 24.1. The maximum absolute atomic E-state index is 6.33. The molecule has 1 unspecified atom stereocenters. The first-order valence-electron chi connectivity index (χ1n) is 5.48. The van der Waals surface area contributed by atoms with Gasteiger partial charge in [-0.25, -0.2) is 0 Å². The molecule has 3 heteroatoms. The van der Waals surface area contributed by atoms with Gasteiger partial charge in [-0.2, -0.15) is 11.8 Å². The van der Waals surface area contributed by atoms with Crippen LogP contribution in [0.25, 0.3) is 0 Å². The second-order valence-electron chi connectivity index (χ2n) is 4.54. The van der Waals surface area contributed by atoms with Crippen LogP contribution in [-0.4, -0.2) is 12.9 Å². The highest BCUT2D eigenvalue weighted by molar-refractivity contribution is 8.01. The van der Waals surface area contributed by atoms with E-state index in [0.29, 0.717) is 0 Å². The van der Waals surface area contributed by atoms with Gasteiger partial charge in [-0.05, 0) is 50.1 Å². The maximum Gasteiger partial charge on any atom is 0.124 e. The zero-order chi connectivity index (χ0) is 11.9. The summed E-state index contributed by atoms with van der Waals surface area (Å²) in [6, 6.07) is 2.05. The van der Waals surface area contributed by atoms with Crippen molar-refractivity contribution < 1.29 is 4.74 Å². The molecule has 16 heavy (non-hydrogen) atoms. The van der Waals surface area contributed by atoms with Crippen LogP contribution < -0.4 is 4.74 Å². The van der Waals surface area contributed by atoms with Crippen LogP contribution in [0.2, 0.25) is 5.02 Å². The summed E-state index contributed by atoms with van der Waals surface area (Å²) in [4.78, 5) is 0. The molecule has 0 bridgehead atoms. The van der Waals surface area contributed by atoms with Gasteiger partial charge in [0, 0.05) is 15.3 Å². The van der Waals surface area contributed by atoms with Crippen LogP contribution in [0.3, 0.4) is 0 Å². The fourth-order valence-electron chi connectivity index (χ4n) is 2.35. The number of halogens is 1. The highest BCUT2D eigenvalue weighted by atomic mass is 35.5. The minimum Gasteiger partial charge on any atom is -0.496 e. The molecule has 0 radical (unpaired) electrons. The molecule has 1 aliphatic rings. The highest BCUT2D eigenvalue weighted by Crippen LogP contribution is 2.53. The van der Waals surface area contributed by atoms with Crippen molar-refractivity contribution in [1.82, 2.24) is 0 Å². The first-order valence-corrected chi connectivity index (χ1v) is 6.84. The van der Waals surface area contributed by atoms with E-state index in [1.807, 2.05) is 18.7 Å². The molecule has 0 amide bonds. The number of rotatable bonds is 2. The quantitative estimate of drug-likeness (QED) is 0.780. The lowest BCUT2D eigenvalue weighted by Crippen LogP contribution is -2.29. The molecule has 1 heterocycles. The van der Waals surface area contributed by atoms with Gasteiger partial charge in [-0.15, -0.1) is 0 Å². The van der Waals surface area contributed by atoms with E-state index in [1.54, 1.807) is 7.11 Å². The fourth-order valence-corrected chi connectivity index (χ4v) is 3.71. The SMILES string of the molecule is COc1cc(C)c(Cl)c(C)c1C1(C)CCS1. The van der Waals surface area contributed by atoms with Crippen molar-refractivity contribution in [1.29, 1.82) is 0 Å². The molecule has 1 aromatic carbocycles. The number of methoxy groups -OCH3 is 1. The topological polar surface area (TPSA) is 9.23 Å². The van der Waals surface area contributed by atoms with Crippen molar-refractivity contribution in [3.8, 4) is 5.75 Å². The van der Waals surface area contributed by atoms with Crippen molar-refractivity contribution >= 4 is 23.4 Å². The van der Waals surface area contributed by atoms with Crippen molar-refractivity contribution in [3.05, 3.63) is 27.8 Å². The molecule has 0 spiro atoms. The van der Waals surface area contributed by atoms with Crippen molar-refractivity contribution in [3.63, 3.8) is 0 Å². The van der Waals surface area contributed by atoms with Gasteiger partial charge in [0.2, 0.25) is 0 Å². The second-order valence-corrected chi connectivity index (χ2v) is 6.51. The Morgan fingerprint density at radius 2 is 2.06 bits per heavy atom. The number of hydrogen-bond donors (Lipinski definition) is 0. The number of benzene rings is 1. The molecule has 0 N–H and O–H groups in total. The Bertz CT molecular complexity index is 424. The Morgan fingerprint density at radius 3 is 2.50 bits per heavy atom. The van der Waals surface area contributed by atoms with E-state index in [1.165, 1.54) is 23.3 Å². The lowest BCUT2D eigenvalue weighted by Gasteiger charge is -2.40. The third-order valence-corrected chi connectivity index (χ3v) is 5.43. The van der Waals surface area contributed by atoms with Crippen molar-refractivity contribution in [2.75, 3.05) is 12.9 Å². The van der Waals surface area contributed by atoms with Gasteiger partial charge in [0.05, 0.1) is 7.11 Å². The molecule has 1 nitrogen and oxygen atoms in total. The lowest BCUT2D eigenvalue weighted by molar-refractivity contribution is 0.400. The van der Waals surface area contributed by atoms with E-state index in [9.17, 15) is 0 Å². The Balaban J connectivity index is 2.62. The van der Waals surface area contributed by atoms with Gasteiger partial charge in [0.1, 0.15) is 5.75 Å². The number of aryl methyl sites for hydroxylation is 1. The van der Waals surface area contributed by atoms with Gasteiger partial charge in [0.25, 0.3) is 0 Å². The summed E-state index contributed by atoms with van der Waals surface area (Å²) in [5.41, 5.74) is 3.54. The lowest BCUT2D eigenvalue weighted by atomic mass is 9.90. The largest absolute Gasteiger partial charge is 0.496 e. The summed E-state index contributed by atoms with van der Waals surface area (Å²) in [6.45, 7) is 6.40. The summed E-state index contributed by atoms with van der Waals surface area (Å²) >= 11 is 8.31. The van der Waals surface area contributed by atoms with Crippen LogP contribution in [0.4, 0.5) is 0 Å². The molecular formula is C13H17ClOS. The monoisotopic (exact) mass is 256 g/mol. The predicted octanol–water partition coefficient (Wildman–Crippen LogP) is 4.32. The fraction of sp³-hybridized carbons (Fsp3) is 0.538. The van der Waals surface area contributed by atoms with Gasteiger partial charge >= 0.3 is 0 Å². The molecule has 1 fully saturated rings. The minimum atomic E-state index is 0.187. The summed E-state index contributed by atoms with van der Waals surface area (Å²) in [5, 5.41) is 0.879. The Hall–Kier alpha value is -0.340. The van der Waals surface area contributed by atoms with E-state index in [0.717, 1.165) is 16.3 Å². The maximum atomic E-state index is 6.33. The average Bonchev–Trinajstić information content (AvgIpc) is 2.22. The molecule has 2 rings (SSSR count). The van der Waals surface area contributed by atoms with Crippen LogP contribution in [0.5, 0.6) is 5.75 Å². The van der Waals surface area contributed by atoms with E-state index in [2.05, 4.69) is 19.9 Å². The van der Waals surface area contributed by atoms with Crippen molar-refractivity contribution in [2.24, 2.45) is 0 Å². The Kier molecular flexibility index (Phi) is 3.15. The number of hydrogen-bond acceptors (Lipinski definition) is 2. The molecule has 0 saturated carbocycles. The molecule has 88 valence electrons. The smallest absolute Gasteiger partial charge is 0.124 e. The summed E-state index contributed by atoms with van der Waals surface area (Å²) in [6.07, 6.45) is 1.20. The number of ether oxygens (including phenoxy) is 1. The van der Waals surface area contributed by atoms with E-state index in [-0.39, 0.29) is 4.75 Å². The standard InChI is InChI=1S/C13H17ClOS/c1-8-7-10(15-4)11(9(2)12(8)14)13(3)5-6-16-13/h7H,5-6H2,1-4H3. The summed E-state index contributed by atoms with van der Waals surface area (Å²) in [7, 11) is 1.73. The first kappa shape index (κ1) is 12.1. The van der Waals surface area contributed by atoms with Crippen LogP contribution in [0.15, 0.2) is 6.07 Å². The highest BCUT2D eigenvalue weighted by Gasteiger charge is 2.38. The third kappa shape index (κ3) is 1.72. The molecule has 0 aliphatic carbocycles.